The number of rotatable bonds is 0. The van der Waals surface area contributed by atoms with Crippen LogP contribution in [0.4, 0.5) is 0 Å². The van der Waals surface area contributed by atoms with Crippen molar-refractivity contribution in [3.05, 3.63) is 57.3 Å². The summed E-state index contributed by atoms with van der Waals surface area (Å²) in [6, 6.07) is 3.04. The van der Waals surface area contributed by atoms with Crippen LogP contribution in [0, 0.1) is 18.3 Å². The Hall–Kier alpha value is -2.03. The Morgan fingerprint density at radius 3 is 2.63 bits per heavy atom. The van der Waals surface area contributed by atoms with Crippen molar-refractivity contribution in [1.29, 1.82) is 0 Å². The Balaban J connectivity index is 2.05. The van der Waals surface area contributed by atoms with Crippen LogP contribution >= 0.6 is 0 Å². The van der Waals surface area contributed by atoms with Gasteiger partial charge >= 0.3 is 0 Å². The fraction of sp³-hybridized carbons (Fsp3) is 0.542. The molecule has 0 saturated carbocycles. The van der Waals surface area contributed by atoms with Gasteiger partial charge in [-0.3, -0.25) is 4.79 Å². The Kier molecular flexibility index (Phi) is 5.24. The topological polar surface area (TPSA) is 46.5 Å². The quantitative estimate of drug-likeness (QED) is 0.617. The number of aryl methyl sites for hydroxylation is 1. The second kappa shape index (κ2) is 7.18. The SMILES string of the molecule is C/C1=C\CC(C)(C)/C=C/C[C@@]2(C)Oc3cc(=O)c(O)cc(C)c3C[C@@H]2CC1. The van der Waals surface area contributed by atoms with E-state index in [1.54, 1.807) is 6.07 Å². The first-order chi connectivity index (χ1) is 12.6. The summed E-state index contributed by atoms with van der Waals surface area (Å²) < 4.78 is 6.49. The molecule has 0 fully saturated rings. The molecule has 2 aliphatic rings. The van der Waals surface area contributed by atoms with Crippen molar-refractivity contribution in [2.45, 2.75) is 72.3 Å². The normalized spacial score (nSPS) is 30.6. The highest BCUT2D eigenvalue weighted by atomic mass is 16.5. The highest BCUT2D eigenvalue weighted by Crippen LogP contribution is 2.43. The lowest BCUT2D eigenvalue weighted by Gasteiger charge is -2.42. The maximum Gasteiger partial charge on any atom is 0.223 e. The highest BCUT2D eigenvalue weighted by molar-refractivity contribution is 5.44. The molecule has 1 aliphatic heterocycles. The minimum absolute atomic E-state index is 0.126. The molecule has 27 heavy (non-hydrogen) atoms. The first kappa shape index (κ1) is 19.7. The van der Waals surface area contributed by atoms with Crippen LogP contribution in [0.3, 0.4) is 0 Å². The lowest BCUT2D eigenvalue weighted by Crippen LogP contribution is -2.45. The van der Waals surface area contributed by atoms with E-state index in [0.29, 0.717) is 11.7 Å². The summed E-state index contributed by atoms with van der Waals surface area (Å²) in [5.41, 5.74) is 2.80. The second-order valence-electron chi connectivity index (χ2n) is 9.27. The molecule has 1 N–H and O–H groups in total. The van der Waals surface area contributed by atoms with E-state index in [-0.39, 0.29) is 22.2 Å². The van der Waals surface area contributed by atoms with E-state index in [2.05, 4.69) is 45.9 Å². The fourth-order valence-corrected chi connectivity index (χ4v) is 4.22. The molecule has 0 aromatic heterocycles. The van der Waals surface area contributed by atoms with Crippen LogP contribution in [0.25, 0.3) is 0 Å². The monoisotopic (exact) mass is 368 g/mol. The molecule has 0 amide bonds. The van der Waals surface area contributed by atoms with E-state index in [9.17, 15) is 9.90 Å². The maximum absolute atomic E-state index is 12.2. The van der Waals surface area contributed by atoms with Gasteiger partial charge in [0.15, 0.2) is 5.75 Å². The Bertz CT molecular complexity index is 847. The molecule has 0 unspecified atom stereocenters. The molecular formula is C24H32O3. The summed E-state index contributed by atoms with van der Waals surface area (Å²) in [6.07, 6.45) is 11.8. The third-order valence-electron chi connectivity index (χ3n) is 6.25. The summed E-state index contributed by atoms with van der Waals surface area (Å²) >= 11 is 0. The van der Waals surface area contributed by atoms with E-state index in [1.165, 1.54) is 11.6 Å². The number of ether oxygens (including phenoxy) is 1. The van der Waals surface area contributed by atoms with E-state index in [0.717, 1.165) is 43.2 Å². The zero-order valence-corrected chi connectivity index (χ0v) is 17.3. The Labute approximate surface area is 162 Å². The zero-order valence-electron chi connectivity index (χ0n) is 17.3. The van der Waals surface area contributed by atoms with Crippen LogP contribution in [-0.2, 0) is 6.42 Å². The van der Waals surface area contributed by atoms with E-state index < -0.39 is 0 Å². The van der Waals surface area contributed by atoms with Crippen molar-refractivity contribution < 1.29 is 9.84 Å². The minimum atomic E-state index is -0.381. The van der Waals surface area contributed by atoms with Crippen LogP contribution in [-0.4, -0.2) is 10.7 Å². The third-order valence-corrected chi connectivity index (χ3v) is 6.25. The number of allylic oxidation sites excluding steroid dienone is 3. The first-order valence-corrected chi connectivity index (χ1v) is 9.99. The predicted molar refractivity (Wildman–Crippen MR) is 110 cm³/mol. The molecular weight excluding hydrogens is 336 g/mol. The molecule has 1 aliphatic carbocycles. The minimum Gasteiger partial charge on any atom is -0.504 e. The van der Waals surface area contributed by atoms with Crippen molar-refractivity contribution >= 4 is 0 Å². The van der Waals surface area contributed by atoms with Crippen LogP contribution < -0.4 is 10.2 Å². The smallest absolute Gasteiger partial charge is 0.223 e. The first-order valence-electron chi connectivity index (χ1n) is 9.99. The summed E-state index contributed by atoms with van der Waals surface area (Å²) in [6.45, 7) is 10.9. The van der Waals surface area contributed by atoms with Gasteiger partial charge in [0.05, 0.1) is 0 Å². The van der Waals surface area contributed by atoms with Gasteiger partial charge in [-0.15, -0.1) is 0 Å². The molecule has 146 valence electrons. The van der Waals surface area contributed by atoms with Gasteiger partial charge in [0.1, 0.15) is 11.4 Å². The number of fused-ring (bicyclic) bond motifs is 2. The van der Waals surface area contributed by atoms with Crippen molar-refractivity contribution in [2.75, 3.05) is 0 Å². The standard InChI is InChI=1S/C24H32O3/c1-16-7-8-18-14-19-17(2)13-20(25)21(26)15-22(19)27-24(18,5)11-6-10-23(3,4)12-9-16/h6,9-10,13,15,18H,7-8,11-12,14H2,1-5H3,(H,25,26)/b10-6+,16-9+/t18-,24+/m0/s1. The predicted octanol–water partition coefficient (Wildman–Crippen LogP) is 5.47. The van der Waals surface area contributed by atoms with Gasteiger partial charge in [0, 0.05) is 18.4 Å². The average Bonchev–Trinajstić information content (AvgIpc) is 2.67. The van der Waals surface area contributed by atoms with Crippen LogP contribution in [0.2, 0.25) is 0 Å². The second-order valence-corrected chi connectivity index (χ2v) is 9.27. The van der Waals surface area contributed by atoms with Gasteiger partial charge in [0.2, 0.25) is 5.43 Å². The lowest BCUT2D eigenvalue weighted by atomic mass is 9.75. The van der Waals surface area contributed by atoms with Gasteiger partial charge in [-0.05, 0) is 69.1 Å². The third kappa shape index (κ3) is 4.28. The van der Waals surface area contributed by atoms with Gasteiger partial charge in [0.25, 0.3) is 0 Å². The van der Waals surface area contributed by atoms with Gasteiger partial charge < -0.3 is 9.84 Å². The van der Waals surface area contributed by atoms with Gasteiger partial charge in [-0.2, -0.15) is 0 Å². The zero-order chi connectivity index (χ0) is 19.8. The van der Waals surface area contributed by atoms with Crippen LogP contribution in [0.1, 0.15) is 64.5 Å². The molecule has 0 saturated heterocycles. The molecule has 3 nitrogen and oxygen atoms in total. The molecule has 0 bridgehead atoms. The number of hydrogen-bond donors (Lipinski definition) is 1. The van der Waals surface area contributed by atoms with Gasteiger partial charge in [-0.1, -0.05) is 37.6 Å². The van der Waals surface area contributed by atoms with Crippen molar-refractivity contribution in [3.8, 4) is 11.5 Å². The number of hydrogen-bond acceptors (Lipinski definition) is 3. The Morgan fingerprint density at radius 1 is 1.15 bits per heavy atom. The molecule has 3 rings (SSSR count). The molecule has 1 heterocycles. The van der Waals surface area contributed by atoms with E-state index in [1.807, 2.05) is 6.92 Å². The summed E-state index contributed by atoms with van der Waals surface area (Å²) in [4.78, 5) is 12.2. The molecule has 1 aromatic rings. The van der Waals surface area contributed by atoms with Crippen molar-refractivity contribution in [1.82, 2.24) is 0 Å². The van der Waals surface area contributed by atoms with E-state index >= 15 is 0 Å². The van der Waals surface area contributed by atoms with Crippen molar-refractivity contribution in [2.24, 2.45) is 11.3 Å². The molecule has 3 heteroatoms. The fourth-order valence-electron chi connectivity index (χ4n) is 4.22. The maximum atomic E-state index is 12.2. The molecule has 2 atom stereocenters. The molecule has 0 radical (unpaired) electrons. The number of aromatic hydroxyl groups is 1. The van der Waals surface area contributed by atoms with Crippen molar-refractivity contribution in [3.63, 3.8) is 0 Å². The summed E-state index contributed by atoms with van der Waals surface area (Å²) in [5, 5.41) is 9.94. The lowest BCUT2D eigenvalue weighted by molar-refractivity contribution is 0.00807. The Morgan fingerprint density at radius 2 is 1.89 bits per heavy atom. The van der Waals surface area contributed by atoms with Crippen LogP contribution in [0.15, 0.2) is 40.7 Å². The van der Waals surface area contributed by atoms with Gasteiger partial charge in [-0.25, -0.2) is 0 Å². The molecule has 1 aromatic carbocycles. The molecule has 0 spiro atoms. The summed E-state index contributed by atoms with van der Waals surface area (Å²) in [5.74, 6) is 0.780. The largest absolute Gasteiger partial charge is 0.504 e. The van der Waals surface area contributed by atoms with Crippen LogP contribution in [0.5, 0.6) is 11.5 Å². The average molecular weight is 369 g/mol. The summed E-state index contributed by atoms with van der Waals surface area (Å²) in [7, 11) is 0. The highest BCUT2D eigenvalue weighted by Gasteiger charge is 2.40. The van der Waals surface area contributed by atoms with E-state index in [4.69, 9.17) is 4.74 Å².